The molecule has 2 aliphatic heterocycles. The Balaban J connectivity index is 1.29. The van der Waals surface area contributed by atoms with E-state index in [-0.39, 0.29) is 17.9 Å². The molecule has 2 aromatic rings. The second kappa shape index (κ2) is 14.6. The molecule has 8 nitrogen and oxygen atoms in total. The highest BCUT2D eigenvalue weighted by molar-refractivity contribution is 6.31. The fraction of sp³-hybridized carbons (Fsp3) is 0.559. The zero-order chi connectivity index (χ0) is 31.1. The number of benzene rings is 2. The van der Waals surface area contributed by atoms with Crippen LogP contribution in [-0.2, 0) is 16.0 Å². The van der Waals surface area contributed by atoms with Crippen LogP contribution >= 0.6 is 11.6 Å². The third kappa shape index (κ3) is 9.44. The van der Waals surface area contributed by atoms with Crippen LogP contribution in [0.25, 0.3) is 0 Å². The van der Waals surface area contributed by atoms with Crippen molar-refractivity contribution in [1.82, 2.24) is 9.80 Å². The highest BCUT2D eigenvalue weighted by atomic mass is 35.5. The third-order valence-electron chi connectivity index (χ3n) is 8.52. The molecular formula is C34H46ClN3O5. The number of hydrogen-bond acceptors (Lipinski definition) is 5. The van der Waals surface area contributed by atoms with Gasteiger partial charge in [-0.2, -0.15) is 0 Å². The van der Waals surface area contributed by atoms with E-state index in [1.54, 1.807) is 17.0 Å². The van der Waals surface area contributed by atoms with Crippen molar-refractivity contribution in [2.75, 3.05) is 44.2 Å². The number of anilines is 1. The molecule has 9 heteroatoms. The maximum atomic E-state index is 13.9. The van der Waals surface area contributed by atoms with Crippen molar-refractivity contribution >= 4 is 35.3 Å². The predicted molar refractivity (Wildman–Crippen MR) is 170 cm³/mol. The normalized spacial score (nSPS) is 17.1. The van der Waals surface area contributed by atoms with Gasteiger partial charge in [0.05, 0.1) is 5.56 Å². The van der Waals surface area contributed by atoms with Gasteiger partial charge in [-0.05, 0) is 127 Å². The summed E-state index contributed by atoms with van der Waals surface area (Å²) in [4.78, 5) is 43.6. The summed E-state index contributed by atoms with van der Waals surface area (Å²) in [6, 6.07) is 13.1. The number of piperidine rings is 2. The van der Waals surface area contributed by atoms with Gasteiger partial charge in [-0.25, -0.2) is 9.59 Å². The molecule has 1 N–H and O–H groups in total. The molecule has 2 amide bonds. The van der Waals surface area contributed by atoms with Gasteiger partial charge in [0, 0.05) is 36.3 Å². The minimum absolute atomic E-state index is 0.0939. The Kier molecular flexibility index (Phi) is 11.1. The first-order valence-electron chi connectivity index (χ1n) is 15.5. The molecule has 0 radical (unpaired) electrons. The van der Waals surface area contributed by atoms with E-state index < -0.39 is 11.6 Å². The number of carboxylic acids is 1. The standard InChI is InChI=1S/C34H46ClN3O5/c1-24-6-11-29(23-30(24)35)38(31(39)27-14-20-37(21-15-27)33(42)43-34(2,3)4)17-5-16-36-18-12-26(13-19-36)22-25-7-9-28(10-8-25)32(40)41/h6-11,23,26-27H,5,12-22H2,1-4H3,(H,40,41). The number of likely N-dealkylation sites (tertiary alicyclic amines) is 2. The number of rotatable bonds is 9. The maximum absolute atomic E-state index is 13.9. The molecular weight excluding hydrogens is 566 g/mol. The predicted octanol–water partition coefficient (Wildman–Crippen LogP) is 6.67. The Bertz CT molecular complexity index is 1260. The summed E-state index contributed by atoms with van der Waals surface area (Å²) in [7, 11) is 0. The van der Waals surface area contributed by atoms with Crippen LogP contribution in [-0.4, -0.2) is 77.7 Å². The van der Waals surface area contributed by atoms with E-state index in [9.17, 15) is 14.4 Å². The summed E-state index contributed by atoms with van der Waals surface area (Å²) in [6.07, 6.45) is 4.94. The summed E-state index contributed by atoms with van der Waals surface area (Å²) in [6.45, 7) is 12.1. The van der Waals surface area contributed by atoms with Gasteiger partial charge in [-0.15, -0.1) is 0 Å². The fourth-order valence-electron chi connectivity index (χ4n) is 5.96. The zero-order valence-electron chi connectivity index (χ0n) is 26.0. The first kappa shape index (κ1) is 32.8. The monoisotopic (exact) mass is 611 g/mol. The molecule has 0 aliphatic carbocycles. The number of carboxylic acid groups (broad SMARTS) is 1. The lowest BCUT2D eigenvalue weighted by Gasteiger charge is -2.36. The molecule has 2 aromatic carbocycles. The van der Waals surface area contributed by atoms with E-state index in [1.807, 2.05) is 62.9 Å². The van der Waals surface area contributed by atoms with Gasteiger partial charge in [-0.1, -0.05) is 29.8 Å². The van der Waals surface area contributed by atoms with Crippen molar-refractivity contribution in [3.05, 3.63) is 64.2 Å². The molecule has 0 saturated carbocycles. The summed E-state index contributed by atoms with van der Waals surface area (Å²) in [5.41, 5.74) is 2.76. The van der Waals surface area contributed by atoms with Crippen molar-refractivity contribution in [1.29, 1.82) is 0 Å². The molecule has 0 unspecified atom stereocenters. The topological polar surface area (TPSA) is 90.4 Å². The van der Waals surface area contributed by atoms with Gasteiger partial charge in [0.1, 0.15) is 5.60 Å². The van der Waals surface area contributed by atoms with Crippen LogP contribution in [0.3, 0.4) is 0 Å². The Hall–Kier alpha value is -3.10. The van der Waals surface area contributed by atoms with E-state index >= 15 is 0 Å². The molecule has 0 bridgehead atoms. The van der Waals surface area contributed by atoms with Gasteiger partial charge >= 0.3 is 12.1 Å². The molecule has 0 aromatic heterocycles. The van der Waals surface area contributed by atoms with E-state index in [2.05, 4.69) is 4.90 Å². The van der Waals surface area contributed by atoms with Crippen LogP contribution in [0.2, 0.25) is 5.02 Å². The molecule has 2 fully saturated rings. The first-order valence-corrected chi connectivity index (χ1v) is 15.9. The number of halogens is 1. The number of aryl methyl sites for hydroxylation is 1. The van der Waals surface area contributed by atoms with Gasteiger partial charge in [0.15, 0.2) is 0 Å². The fourth-order valence-corrected chi connectivity index (χ4v) is 6.13. The summed E-state index contributed by atoms with van der Waals surface area (Å²) < 4.78 is 5.53. The molecule has 4 rings (SSSR count). The SMILES string of the molecule is Cc1ccc(N(CCCN2CCC(Cc3ccc(C(=O)O)cc3)CC2)C(=O)C2CCN(C(=O)OC(C)(C)C)CC2)cc1Cl. The third-order valence-corrected chi connectivity index (χ3v) is 8.92. The highest BCUT2D eigenvalue weighted by Crippen LogP contribution is 2.29. The minimum Gasteiger partial charge on any atom is -0.478 e. The van der Waals surface area contributed by atoms with Gasteiger partial charge in [-0.3, -0.25) is 4.79 Å². The number of carbonyl (C=O) groups excluding carboxylic acids is 2. The lowest BCUT2D eigenvalue weighted by molar-refractivity contribution is -0.123. The van der Waals surface area contributed by atoms with Crippen LogP contribution in [0.1, 0.15) is 74.4 Å². The number of aromatic carboxylic acids is 1. The second-order valence-corrected chi connectivity index (χ2v) is 13.4. The van der Waals surface area contributed by atoms with E-state index in [4.69, 9.17) is 21.4 Å². The zero-order valence-corrected chi connectivity index (χ0v) is 26.7. The van der Waals surface area contributed by atoms with Crippen molar-refractivity contribution in [3.8, 4) is 0 Å². The number of amides is 2. The smallest absolute Gasteiger partial charge is 0.410 e. The highest BCUT2D eigenvalue weighted by Gasteiger charge is 2.33. The van der Waals surface area contributed by atoms with Crippen molar-refractivity contribution in [3.63, 3.8) is 0 Å². The van der Waals surface area contributed by atoms with Crippen LogP contribution in [0.5, 0.6) is 0 Å². The van der Waals surface area contributed by atoms with Gasteiger partial charge in [0.25, 0.3) is 0 Å². The Labute approximate surface area is 260 Å². The van der Waals surface area contributed by atoms with Gasteiger partial charge in [0.2, 0.25) is 5.91 Å². The van der Waals surface area contributed by atoms with E-state index in [0.717, 1.165) is 56.6 Å². The number of carbonyl (C=O) groups is 3. The number of hydrogen-bond donors (Lipinski definition) is 1. The summed E-state index contributed by atoms with van der Waals surface area (Å²) in [5, 5.41) is 9.77. The van der Waals surface area contributed by atoms with Crippen LogP contribution in [0.15, 0.2) is 42.5 Å². The quantitative estimate of drug-likeness (QED) is 0.340. The van der Waals surface area contributed by atoms with Gasteiger partial charge < -0.3 is 24.5 Å². The largest absolute Gasteiger partial charge is 0.478 e. The lowest BCUT2D eigenvalue weighted by Crippen LogP contribution is -2.46. The maximum Gasteiger partial charge on any atom is 0.410 e. The lowest BCUT2D eigenvalue weighted by atomic mass is 9.90. The number of nitrogens with zero attached hydrogens (tertiary/aromatic N) is 3. The summed E-state index contributed by atoms with van der Waals surface area (Å²) >= 11 is 6.47. The average Bonchev–Trinajstić information content (AvgIpc) is 2.97. The Morgan fingerprint density at radius 3 is 2.21 bits per heavy atom. The Morgan fingerprint density at radius 2 is 1.63 bits per heavy atom. The second-order valence-electron chi connectivity index (χ2n) is 13.0. The Morgan fingerprint density at radius 1 is 0.977 bits per heavy atom. The van der Waals surface area contributed by atoms with E-state index in [1.165, 1.54) is 5.56 Å². The van der Waals surface area contributed by atoms with Crippen molar-refractivity contribution < 1.29 is 24.2 Å². The van der Waals surface area contributed by atoms with Crippen molar-refractivity contribution in [2.24, 2.45) is 11.8 Å². The summed E-state index contributed by atoms with van der Waals surface area (Å²) in [5.74, 6) is -0.365. The molecule has 0 spiro atoms. The molecule has 2 saturated heterocycles. The van der Waals surface area contributed by atoms with Crippen LogP contribution in [0.4, 0.5) is 10.5 Å². The van der Waals surface area contributed by atoms with Crippen LogP contribution in [0, 0.1) is 18.8 Å². The van der Waals surface area contributed by atoms with E-state index in [0.29, 0.717) is 49.0 Å². The average molecular weight is 612 g/mol. The first-order chi connectivity index (χ1) is 20.4. The molecule has 43 heavy (non-hydrogen) atoms. The molecule has 2 aliphatic rings. The number of ether oxygens (including phenoxy) is 1. The molecule has 234 valence electrons. The van der Waals surface area contributed by atoms with Crippen LogP contribution < -0.4 is 4.90 Å². The minimum atomic E-state index is -0.894. The molecule has 2 heterocycles. The van der Waals surface area contributed by atoms with Crippen molar-refractivity contribution in [2.45, 2.75) is 71.8 Å². The molecule has 0 atom stereocenters.